The Kier molecular flexibility index (Phi) is 6.64. The number of carbonyl (C=O) groups is 2. The first-order chi connectivity index (χ1) is 15.0. The van der Waals surface area contributed by atoms with Gasteiger partial charge in [0.2, 0.25) is 11.7 Å². The summed E-state index contributed by atoms with van der Waals surface area (Å²) in [4.78, 5) is 39.2. The highest BCUT2D eigenvalue weighted by Crippen LogP contribution is 2.31. The number of carbonyl (C=O) groups excluding carboxylic acids is 2. The summed E-state index contributed by atoms with van der Waals surface area (Å²) < 4.78 is 0. The van der Waals surface area contributed by atoms with Crippen molar-refractivity contribution < 1.29 is 9.59 Å². The average Bonchev–Trinajstić information content (AvgIpc) is 3.05. The van der Waals surface area contributed by atoms with Gasteiger partial charge in [0.25, 0.3) is 0 Å². The average molecular weight is 421 g/mol. The van der Waals surface area contributed by atoms with Crippen LogP contribution in [0, 0.1) is 18.8 Å². The third-order valence-corrected chi connectivity index (χ3v) is 6.78. The number of amides is 1. The molecule has 0 bridgehead atoms. The van der Waals surface area contributed by atoms with E-state index in [1.807, 2.05) is 19.1 Å². The van der Waals surface area contributed by atoms with Gasteiger partial charge in [-0.05, 0) is 56.4 Å². The molecule has 1 amide bonds. The summed E-state index contributed by atoms with van der Waals surface area (Å²) >= 11 is 0. The van der Waals surface area contributed by atoms with Crippen LogP contribution >= 0.6 is 0 Å². The van der Waals surface area contributed by atoms with Crippen LogP contribution in [0.1, 0.15) is 60.8 Å². The molecule has 164 valence electrons. The zero-order valence-electron chi connectivity index (χ0n) is 18.6. The molecule has 0 spiro atoms. The van der Waals surface area contributed by atoms with Gasteiger partial charge in [-0.2, -0.15) is 0 Å². The maximum atomic E-state index is 13.1. The summed E-state index contributed by atoms with van der Waals surface area (Å²) in [5, 5.41) is 0. The monoisotopic (exact) mass is 420 g/mol. The predicted molar refractivity (Wildman–Crippen MR) is 121 cm³/mol. The molecule has 3 heterocycles. The highest BCUT2D eigenvalue weighted by molar-refractivity contribution is 6.08. The molecule has 1 saturated heterocycles. The third kappa shape index (κ3) is 4.78. The van der Waals surface area contributed by atoms with Crippen molar-refractivity contribution in [3.8, 4) is 0 Å². The molecule has 31 heavy (non-hydrogen) atoms. The van der Waals surface area contributed by atoms with Gasteiger partial charge >= 0.3 is 0 Å². The second kappa shape index (κ2) is 9.58. The molecule has 6 nitrogen and oxygen atoms in total. The third-order valence-electron chi connectivity index (χ3n) is 6.78. The summed E-state index contributed by atoms with van der Waals surface area (Å²) in [7, 11) is 0. The molecule has 2 aromatic heterocycles. The van der Waals surface area contributed by atoms with Gasteiger partial charge < -0.3 is 9.80 Å². The van der Waals surface area contributed by atoms with Gasteiger partial charge in [-0.1, -0.05) is 25.8 Å². The molecular formula is C25H32N4O2. The molecule has 4 rings (SSSR count). The fraction of sp³-hybridized carbons (Fsp3) is 0.520. The Morgan fingerprint density at radius 1 is 0.968 bits per heavy atom. The van der Waals surface area contributed by atoms with E-state index in [-0.39, 0.29) is 11.7 Å². The van der Waals surface area contributed by atoms with Crippen LogP contribution in [0.25, 0.3) is 0 Å². The number of aromatic nitrogens is 2. The molecule has 2 unspecified atom stereocenters. The zero-order chi connectivity index (χ0) is 21.8. The SMILES string of the molecule is Cc1ncccc1C(=O)c1cccc(N2CCCN(C(=O)C3CCCCC3C)CC2)n1. The lowest BCUT2D eigenvalue weighted by Gasteiger charge is -2.32. The fourth-order valence-corrected chi connectivity index (χ4v) is 4.87. The van der Waals surface area contributed by atoms with E-state index in [2.05, 4.69) is 26.7 Å². The maximum absolute atomic E-state index is 13.1. The van der Waals surface area contributed by atoms with E-state index in [1.165, 1.54) is 12.8 Å². The molecule has 2 aliphatic rings. The highest BCUT2D eigenvalue weighted by Gasteiger charge is 2.32. The number of pyridine rings is 2. The zero-order valence-corrected chi connectivity index (χ0v) is 18.6. The summed E-state index contributed by atoms with van der Waals surface area (Å²) in [6.07, 6.45) is 7.21. The van der Waals surface area contributed by atoms with Gasteiger partial charge in [-0.15, -0.1) is 0 Å². The van der Waals surface area contributed by atoms with E-state index in [0.717, 1.165) is 44.7 Å². The minimum atomic E-state index is -0.106. The molecule has 2 fully saturated rings. The minimum absolute atomic E-state index is 0.106. The van der Waals surface area contributed by atoms with Gasteiger partial charge in [-0.25, -0.2) is 4.98 Å². The van der Waals surface area contributed by atoms with Gasteiger partial charge in [0.1, 0.15) is 11.5 Å². The van der Waals surface area contributed by atoms with Crippen molar-refractivity contribution in [3.63, 3.8) is 0 Å². The first-order valence-corrected chi connectivity index (χ1v) is 11.5. The molecule has 0 N–H and O–H groups in total. The van der Waals surface area contributed by atoms with Gasteiger partial charge in [0, 0.05) is 49.6 Å². The lowest BCUT2D eigenvalue weighted by molar-refractivity contribution is -0.138. The van der Waals surface area contributed by atoms with E-state index >= 15 is 0 Å². The van der Waals surface area contributed by atoms with E-state index in [1.54, 1.807) is 24.4 Å². The lowest BCUT2D eigenvalue weighted by Crippen LogP contribution is -2.41. The second-order valence-electron chi connectivity index (χ2n) is 8.88. The molecule has 1 saturated carbocycles. The van der Waals surface area contributed by atoms with Crippen LogP contribution in [-0.4, -0.2) is 52.7 Å². The van der Waals surface area contributed by atoms with Crippen molar-refractivity contribution in [2.24, 2.45) is 11.8 Å². The molecular weight excluding hydrogens is 388 g/mol. The molecule has 1 aliphatic carbocycles. The highest BCUT2D eigenvalue weighted by atomic mass is 16.2. The van der Waals surface area contributed by atoms with Crippen LogP contribution in [-0.2, 0) is 4.79 Å². The van der Waals surface area contributed by atoms with Crippen LogP contribution in [0.2, 0.25) is 0 Å². The van der Waals surface area contributed by atoms with Crippen LogP contribution in [0.5, 0.6) is 0 Å². The Morgan fingerprint density at radius 3 is 2.61 bits per heavy atom. The van der Waals surface area contributed by atoms with Gasteiger partial charge in [0.15, 0.2) is 0 Å². The number of rotatable bonds is 4. The topological polar surface area (TPSA) is 66.4 Å². The number of nitrogens with zero attached hydrogens (tertiary/aromatic N) is 4. The van der Waals surface area contributed by atoms with Crippen LogP contribution < -0.4 is 4.90 Å². The first-order valence-electron chi connectivity index (χ1n) is 11.5. The van der Waals surface area contributed by atoms with E-state index in [9.17, 15) is 9.59 Å². The van der Waals surface area contributed by atoms with E-state index in [0.29, 0.717) is 35.3 Å². The van der Waals surface area contributed by atoms with Crippen LogP contribution in [0.3, 0.4) is 0 Å². The Balaban J connectivity index is 1.45. The molecule has 1 aliphatic heterocycles. The summed E-state index contributed by atoms with van der Waals surface area (Å²) in [6.45, 7) is 7.15. The normalized spacial score (nSPS) is 22.1. The van der Waals surface area contributed by atoms with Crippen molar-refractivity contribution in [2.45, 2.75) is 46.0 Å². The summed E-state index contributed by atoms with van der Waals surface area (Å²) in [5.74, 6) is 1.69. The largest absolute Gasteiger partial charge is 0.355 e. The molecule has 0 radical (unpaired) electrons. The number of ketones is 1. The summed E-state index contributed by atoms with van der Waals surface area (Å²) in [5.41, 5.74) is 1.73. The smallest absolute Gasteiger partial charge is 0.226 e. The standard InChI is InChI=1S/C25H32N4O2/c1-18-8-3-4-9-20(18)25(31)29-15-7-14-28(16-17-29)23-12-5-11-22(27-23)24(30)21-10-6-13-26-19(21)2/h5-6,10-13,18,20H,3-4,7-9,14-17H2,1-2H3. The molecule has 6 heteroatoms. The van der Waals surface area contributed by atoms with E-state index in [4.69, 9.17) is 0 Å². The maximum Gasteiger partial charge on any atom is 0.226 e. The van der Waals surface area contributed by atoms with Crippen molar-refractivity contribution in [1.29, 1.82) is 0 Å². The van der Waals surface area contributed by atoms with E-state index < -0.39 is 0 Å². The fourth-order valence-electron chi connectivity index (χ4n) is 4.87. The number of aryl methyl sites for hydroxylation is 1. The van der Waals surface area contributed by atoms with Crippen LogP contribution in [0.4, 0.5) is 5.82 Å². The van der Waals surface area contributed by atoms with Crippen molar-refractivity contribution in [1.82, 2.24) is 14.9 Å². The summed E-state index contributed by atoms with van der Waals surface area (Å²) in [6, 6.07) is 9.17. The van der Waals surface area contributed by atoms with Gasteiger partial charge in [-0.3, -0.25) is 14.6 Å². The van der Waals surface area contributed by atoms with Crippen molar-refractivity contribution in [3.05, 3.63) is 53.5 Å². The number of anilines is 1. The minimum Gasteiger partial charge on any atom is -0.355 e. The van der Waals surface area contributed by atoms with Crippen LogP contribution in [0.15, 0.2) is 36.5 Å². The molecule has 2 aromatic rings. The van der Waals surface area contributed by atoms with Crippen molar-refractivity contribution in [2.75, 3.05) is 31.1 Å². The Labute approximate surface area is 184 Å². The Morgan fingerprint density at radius 2 is 1.81 bits per heavy atom. The Bertz CT molecular complexity index is 945. The molecule has 2 atom stereocenters. The van der Waals surface area contributed by atoms with Crippen molar-refractivity contribution >= 4 is 17.5 Å². The quantitative estimate of drug-likeness (QED) is 0.702. The second-order valence-corrected chi connectivity index (χ2v) is 8.88. The molecule has 0 aromatic carbocycles. The van der Waals surface area contributed by atoms with Gasteiger partial charge in [0.05, 0.1) is 0 Å². The number of hydrogen-bond donors (Lipinski definition) is 0. The number of hydrogen-bond acceptors (Lipinski definition) is 5. The first kappa shape index (κ1) is 21.5. The Hall–Kier alpha value is -2.76. The lowest BCUT2D eigenvalue weighted by atomic mass is 9.79. The predicted octanol–water partition coefficient (Wildman–Crippen LogP) is 3.88.